The van der Waals surface area contributed by atoms with Crippen molar-refractivity contribution in [2.45, 2.75) is 44.6 Å². The number of amides is 1. The first-order chi connectivity index (χ1) is 11.1. The number of carbonyl (C=O) groups is 1. The molecule has 0 bridgehead atoms. The van der Waals surface area contributed by atoms with Crippen LogP contribution in [0.15, 0.2) is 17.8 Å². The molecule has 5 nitrogen and oxygen atoms in total. The summed E-state index contributed by atoms with van der Waals surface area (Å²) in [7, 11) is 1.92. The molecule has 2 aromatic heterocycles. The zero-order chi connectivity index (χ0) is 16.0. The molecule has 4 rings (SSSR count). The van der Waals surface area contributed by atoms with Crippen molar-refractivity contribution in [3.05, 3.63) is 34.0 Å². The van der Waals surface area contributed by atoms with Crippen LogP contribution in [0, 0.1) is 12.8 Å². The Labute approximate surface area is 140 Å². The zero-order valence-corrected chi connectivity index (χ0v) is 14.4. The Morgan fingerprint density at radius 3 is 2.96 bits per heavy atom. The fraction of sp³-hybridized carbons (Fsp3) is 0.588. The van der Waals surface area contributed by atoms with Crippen LogP contribution in [0.3, 0.4) is 0 Å². The number of hydrogen-bond donors (Lipinski definition) is 0. The minimum Gasteiger partial charge on any atom is -0.333 e. The number of nitrogens with zero attached hydrogens (tertiary/aromatic N) is 4. The first-order valence-corrected chi connectivity index (χ1v) is 9.22. The van der Waals surface area contributed by atoms with Crippen molar-refractivity contribution < 1.29 is 4.79 Å². The van der Waals surface area contributed by atoms with E-state index in [0.29, 0.717) is 11.8 Å². The van der Waals surface area contributed by atoms with Crippen molar-refractivity contribution >= 4 is 17.2 Å². The fourth-order valence-corrected chi connectivity index (χ4v) is 4.60. The molecule has 23 heavy (non-hydrogen) atoms. The molecule has 0 spiro atoms. The molecule has 0 aromatic carbocycles. The van der Waals surface area contributed by atoms with Crippen LogP contribution < -0.4 is 0 Å². The van der Waals surface area contributed by atoms with Gasteiger partial charge in [0.05, 0.1) is 12.2 Å². The second-order valence-corrected chi connectivity index (χ2v) is 7.66. The highest BCUT2D eigenvalue weighted by atomic mass is 32.1. The van der Waals surface area contributed by atoms with E-state index < -0.39 is 0 Å². The molecule has 0 radical (unpaired) electrons. The summed E-state index contributed by atoms with van der Waals surface area (Å²) in [6.45, 7) is 2.90. The Bertz CT molecular complexity index is 722. The van der Waals surface area contributed by atoms with Gasteiger partial charge in [0.1, 0.15) is 5.01 Å². The highest BCUT2D eigenvalue weighted by Gasteiger charge is 2.48. The van der Waals surface area contributed by atoms with E-state index >= 15 is 0 Å². The summed E-state index contributed by atoms with van der Waals surface area (Å²) in [5.41, 5.74) is 2.26. The summed E-state index contributed by atoms with van der Waals surface area (Å²) in [5.74, 6) is 0.814. The second kappa shape index (κ2) is 5.74. The van der Waals surface area contributed by atoms with Crippen molar-refractivity contribution in [3.63, 3.8) is 0 Å². The monoisotopic (exact) mass is 330 g/mol. The first-order valence-electron chi connectivity index (χ1n) is 8.34. The highest BCUT2D eigenvalue weighted by Crippen LogP contribution is 2.49. The van der Waals surface area contributed by atoms with E-state index in [4.69, 9.17) is 0 Å². The van der Waals surface area contributed by atoms with Gasteiger partial charge in [0.25, 0.3) is 0 Å². The molecule has 1 aliphatic heterocycles. The number of aromatic nitrogens is 3. The van der Waals surface area contributed by atoms with Gasteiger partial charge < -0.3 is 4.90 Å². The molecule has 3 heterocycles. The largest absolute Gasteiger partial charge is 0.333 e. The third-order valence-corrected chi connectivity index (χ3v) is 6.03. The van der Waals surface area contributed by atoms with Gasteiger partial charge in [-0.3, -0.25) is 9.48 Å². The van der Waals surface area contributed by atoms with Gasteiger partial charge in [-0.05, 0) is 44.1 Å². The van der Waals surface area contributed by atoms with E-state index in [9.17, 15) is 4.79 Å². The smallest absolute Gasteiger partial charge is 0.226 e. The van der Waals surface area contributed by atoms with Crippen molar-refractivity contribution in [2.24, 2.45) is 13.0 Å². The molecule has 1 amide bonds. The normalized spacial score (nSPS) is 27.2. The van der Waals surface area contributed by atoms with Gasteiger partial charge in [-0.2, -0.15) is 5.10 Å². The lowest BCUT2D eigenvalue weighted by atomic mass is 10.0. The van der Waals surface area contributed by atoms with Crippen LogP contribution in [0.5, 0.6) is 0 Å². The molecule has 0 unspecified atom stereocenters. The SMILES string of the molecule is Cc1csc([C@@H]2CCCCN2C(=O)[C@H]2C[C@H]2c2cnn(C)c2)n1. The van der Waals surface area contributed by atoms with Gasteiger partial charge >= 0.3 is 0 Å². The van der Waals surface area contributed by atoms with E-state index in [1.54, 1.807) is 11.3 Å². The molecule has 1 aliphatic carbocycles. The van der Waals surface area contributed by atoms with Crippen LogP contribution in [0.4, 0.5) is 0 Å². The summed E-state index contributed by atoms with van der Waals surface area (Å²) >= 11 is 1.69. The van der Waals surface area contributed by atoms with Crippen LogP contribution in [0.25, 0.3) is 0 Å². The number of piperidine rings is 1. The van der Waals surface area contributed by atoms with E-state index in [1.165, 1.54) is 12.0 Å². The molecule has 122 valence electrons. The average molecular weight is 330 g/mol. The predicted octanol–water partition coefficient (Wildman–Crippen LogP) is 3.04. The molecule has 3 atom stereocenters. The second-order valence-electron chi connectivity index (χ2n) is 6.77. The van der Waals surface area contributed by atoms with Crippen molar-refractivity contribution in [2.75, 3.05) is 6.54 Å². The van der Waals surface area contributed by atoms with Crippen molar-refractivity contribution in [1.82, 2.24) is 19.7 Å². The van der Waals surface area contributed by atoms with Gasteiger partial charge in [-0.1, -0.05) is 0 Å². The molecular weight excluding hydrogens is 308 g/mol. The van der Waals surface area contributed by atoms with Gasteiger partial charge in [-0.15, -0.1) is 11.3 Å². The molecular formula is C17H22N4OS. The molecule has 2 aliphatic rings. The molecule has 1 saturated heterocycles. The molecule has 6 heteroatoms. The van der Waals surface area contributed by atoms with Crippen LogP contribution in [0.1, 0.15) is 53.9 Å². The number of rotatable bonds is 3. The maximum atomic E-state index is 13.0. The minimum absolute atomic E-state index is 0.140. The Hall–Kier alpha value is -1.69. The van der Waals surface area contributed by atoms with Crippen LogP contribution >= 0.6 is 11.3 Å². The first kappa shape index (κ1) is 14.9. The topological polar surface area (TPSA) is 51.0 Å². The Morgan fingerprint density at radius 2 is 2.26 bits per heavy atom. The standard InChI is InChI=1S/C17H22N4OS/c1-11-10-23-16(19-11)15-5-3-4-6-21(15)17(22)14-7-13(14)12-8-18-20(2)9-12/h8-10,13-15H,3-7H2,1-2H3/t13-,14-,15-/m0/s1. The predicted molar refractivity (Wildman–Crippen MR) is 89.2 cm³/mol. The average Bonchev–Trinajstić information content (AvgIpc) is 3.05. The minimum atomic E-state index is 0.140. The summed E-state index contributed by atoms with van der Waals surface area (Å²) in [5, 5.41) is 7.42. The van der Waals surface area contributed by atoms with Crippen LogP contribution in [-0.4, -0.2) is 32.1 Å². The number of aryl methyl sites for hydroxylation is 2. The summed E-state index contributed by atoms with van der Waals surface area (Å²) in [6.07, 6.45) is 8.24. The van der Waals surface area contributed by atoms with Crippen molar-refractivity contribution in [1.29, 1.82) is 0 Å². The van der Waals surface area contributed by atoms with Gasteiger partial charge in [0.15, 0.2) is 0 Å². The zero-order valence-electron chi connectivity index (χ0n) is 13.6. The Morgan fingerprint density at radius 1 is 1.39 bits per heavy atom. The number of carbonyl (C=O) groups excluding carboxylic acids is 1. The third kappa shape index (κ3) is 2.80. The fourth-order valence-electron chi connectivity index (χ4n) is 3.66. The number of hydrogen-bond acceptors (Lipinski definition) is 4. The van der Waals surface area contributed by atoms with Crippen LogP contribution in [0.2, 0.25) is 0 Å². The molecule has 0 N–H and O–H groups in total. The lowest BCUT2D eigenvalue weighted by Gasteiger charge is -2.34. The number of likely N-dealkylation sites (tertiary alicyclic amines) is 1. The summed E-state index contributed by atoms with van der Waals surface area (Å²) in [6, 6.07) is 0.185. The van der Waals surface area contributed by atoms with E-state index in [2.05, 4.69) is 20.4 Å². The lowest BCUT2D eigenvalue weighted by Crippen LogP contribution is -2.39. The third-order valence-electron chi connectivity index (χ3n) is 4.97. The molecule has 2 fully saturated rings. The molecule has 1 saturated carbocycles. The van der Waals surface area contributed by atoms with Gasteiger partial charge in [0, 0.05) is 36.8 Å². The van der Waals surface area contributed by atoms with Crippen molar-refractivity contribution in [3.8, 4) is 0 Å². The summed E-state index contributed by atoms with van der Waals surface area (Å²) in [4.78, 5) is 19.8. The maximum Gasteiger partial charge on any atom is 0.226 e. The highest BCUT2D eigenvalue weighted by molar-refractivity contribution is 7.09. The van der Waals surface area contributed by atoms with Gasteiger partial charge in [-0.25, -0.2) is 4.98 Å². The van der Waals surface area contributed by atoms with E-state index in [-0.39, 0.29) is 12.0 Å². The lowest BCUT2D eigenvalue weighted by molar-refractivity contribution is -0.136. The Kier molecular flexibility index (Phi) is 3.71. The molecule has 2 aromatic rings. The van der Waals surface area contributed by atoms with E-state index in [0.717, 1.165) is 36.5 Å². The van der Waals surface area contributed by atoms with E-state index in [1.807, 2.05) is 31.0 Å². The van der Waals surface area contributed by atoms with Crippen LogP contribution in [-0.2, 0) is 11.8 Å². The summed E-state index contributed by atoms with van der Waals surface area (Å²) < 4.78 is 1.82. The van der Waals surface area contributed by atoms with Gasteiger partial charge in [0.2, 0.25) is 5.91 Å². The maximum absolute atomic E-state index is 13.0. The number of thiazole rings is 1. The Balaban J connectivity index is 1.50. The quantitative estimate of drug-likeness (QED) is 0.869.